The van der Waals surface area contributed by atoms with Crippen LogP contribution in [-0.4, -0.2) is 29.8 Å². The third-order valence-corrected chi connectivity index (χ3v) is 4.15. The van der Waals surface area contributed by atoms with E-state index in [1.807, 2.05) is 24.3 Å². The number of aromatic nitrogens is 1. The van der Waals surface area contributed by atoms with Crippen molar-refractivity contribution in [1.82, 2.24) is 10.3 Å². The maximum absolute atomic E-state index is 12.5. The fourth-order valence-electron chi connectivity index (χ4n) is 2.12. The molecule has 25 heavy (non-hydrogen) atoms. The van der Waals surface area contributed by atoms with Crippen LogP contribution in [0, 0.1) is 0 Å². The number of halogens is 2. The van der Waals surface area contributed by atoms with Gasteiger partial charge in [0.05, 0.1) is 12.1 Å². The van der Waals surface area contributed by atoms with Gasteiger partial charge in [0.2, 0.25) is 0 Å². The van der Waals surface area contributed by atoms with Crippen LogP contribution in [0.25, 0.3) is 0 Å². The molecule has 7 heteroatoms. The fraction of sp³-hybridized carbons (Fsp3) is 0.333. The molecule has 0 atom stereocenters. The first-order valence-corrected chi connectivity index (χ1v) is 8.76. The first kappa shape index (κ1) is 19.2. The second-order valence-electron chi connectivity index (χ2n) is 5.56. The number of benzene rings is 1. The second-order valence-corrected chi connectivity index (χ2v) is 6.54. The highest BCUT2D eigenvalue weighted by atomic mass is 32.2. The van der Waals surface area contributed by atoms with Gasteiger partial charge in [-0.1, -0.05) is 26.0 Å². The predicted molar refractivity (Wildman–Crippen MR) is 94.5 cm³/mol. The largest absolute Gasteiger partial charge is 0.492 e. The molecular weight excluding hydrogens is 346 g/mol. The number of rotatable bonds is 8. The molecule has 0 aliphatic carbocycles. The number of carbonyl (C=O) groups is 1. The van der Waals surface area contributed by atoms with Gasteiger partial charge in [-0.15, -0.1) is 0 Å². The van der Waals surface area contributed by atoms with Crippen molar-refractivity contribution in [2.75, 3.05) is 13.2 Å². The second kappa shape index (κ2) is 9.36. The molecule has 1 aromatic carbocycles. The summed E-state index contributed by atoms with van der Waals surface area (Å²) in [6, 6.07) is 10.8. The lowest BCUT2D eigenvalue weighted by Gasteiger charge is -2.11. The standard InChI is InChI=1S/C18H20F2N2O2S/c1-12(2)13-5-7-14(8-6-13)24-11-10-21-16(23)15-4-3-9-22-17(15)25-18(19)20/h3-9,12,18H,10-11H2,1-2H3,(H,21,23). The molecule has 0 unspecified atom stereocenters. The summed E-state index contributed by atoms with van der Waals surface area (Å²) < 4.78 is 30.6. The maximum Gasteiger partial charge on any atom is 0.290 e. The van der Waals surface area contributed by atoms with Crippen molar-refractivity contribution in [2.24, 2.45) is 0 Å². The van der Waals surface area contributed by atoms with Crippen molar-refractivity contribution >= 4 is 17.7 Å². The highest BCUT2D eigenvalue weighted by Gasteiger charge is 2.16. The van der Waals surface area contributed by atoms with Gasteiger partial charge in [-0.3, -0.25) is 4.79 Å². The number of amides is 1. The van der Waals surface area contributed by atoms with E-state index < -0.39 is 11.7 Å². The Kier molecular flexibility index (Phi) is 7.18. The lowest BCUT2D eigenvalue weighted by molar-refractivity contribution is 0.0943. The molecule has 1 heterocycles. The molecule has 2 rings (SSSR count). The lowest BCUT2D eigenvalue weighted by atomic mass is 10.0. The van der Waals surface area contributed by atoms with E-state index in [2.05, 4.69) is 24.1 Å². The van der Waals surface area contributed by atoms with Crippen LogP contribution in [0.4, 0.5) is 8.78 Å². The molecule has 0 saturated heterocycles. The minimum atomic E-state index is -2.63. The number of alkyl halides is 2. The Morgan fingerprint density at radius 3 is 2.60 bits per heavy atom. The van der Waals surface area contributed by atoms with E-state index in [0.717, 1.165) is 0 Å². The summed E-state index contributed by atoms with van der Waals surface area (Å²) in [6.07, 6.45) is 1.38. The highest BCUT2D eigenvalue weighted by molar-refractivity contribution is 7.99. The number of nitrogens with one attached hydrogen (secondary N) is 1. The van der Waals surface area contributed by atoms with Gasteiger partial charge in [0.15, 0.2) is 0 Å². The van der Waals surface area contributed by atoms with Crippen molar-refractivity contribution in [3.05, 3.63) is 53.7 Å². The maximum atomic E-state index is 12.5. The Hall–Kier alpha value is -2.15. The number of pyridine rings is 1. The molecular formula is C18H20F2N2O2S. The van der Waals surface area contributed by atoms with Gasteiger partial charge in [-0.2, -0.15) is 8.78 Å². The first-order chi connectivity index (χ1) is 12.0. The third kappa shape index (κ3) is 6.01. The van der Waals surface area contributed by atoms with Crippen molar-refractivity contribution in [3.8, 4) is 5.75 Å². The minimum absolute atomic E-state index is 0.0141. The number of carbonyl (C=O) groups excluding carboxylic acids is 1. The quantitative estimate of drug-likeness (QED) is 0.558. The van der Waals surface area contributed by atoms with Crippen LogP contribution >= 0.6 is 11.8 Å². The molecule has 0 saturated carbocycles. The number of nitrogens with zero attached hydrogens (tertiary/aromatic N) is 1. The van der Waals surface area contributed by atoms with Crippen molar-refractivity contribution in [3.63, 3.8) is 0 Å². The molecule has 0 aliphatic heterocycles. The van der Waals surface area contributed by atoms with Crippen molar-refractivity contribution < 1.29 is 18.3 Å². The summed E-state index contributed by atoms with van der Waals surface area (Å²) in [7, 11) is 0. The molecule has 1 aromatic heterocycles. The minimum Gasteiger partial charge on any atom is -0.492 e. The zero-order valence-electron chi connectivity index (χ0n) is 14.0. The Morgan fingerprint density at radius 2 is 1.96 bits per heavy atom. The van der Waals surface area contributed by atoms with Crippen LogP contribution in [0.3, 0.4) is 0 Å². The zero-order valence-corrected chi connectivity index (χ0v) is 14.9. The van der Waals surface area contributed by atoms with E-state index in [1.165, 1.54) is 23.9 Å². The van der Waals surface area contributed by atoms with Gasteiger partial charge in [0.1, 0.15) is 17.4 Å². The van der Waals surface area contributed by atoms with Gasteiger partial charge < -0.3 is 10.1 Å². The predicted octanol–water partition coefficient (Wildman–Crippen LogP) is 4.33. The van der Waals surface area contributed by atoms with E-state index >= 15 is 0 Å². The smallest absolute Gasteiger partial charge is 0.290 e. The molecule has 4 nitrogen and oxygen atoms in total. The van der Waals surface area contributed by atoms with E-state index in [0.29, 0.717) is 11.7 Å². The topological polar surface area (TPSA) is 51.2 Å². The SMILES string of the molecule is CC(C)c1ccc(OCCNC(=O)c2cccnc2SC(F)F)cc1. The van der Waals surface area contributed by atoms with E-state index in [-0.39, 0.29) is 35.5 Å². The van der Waals surface area contributed by atoms with Crippen LogP contribution in [0.5, 0.6) is 5.75 Å². The van der Waals surface area contributed by atoms with Crippen molar-refractivity contribution in [1.29, 1.82) is 0 Å². The van der Waals surface area contributed by atoms with Gasteiger partial charge in [0, 0.05) is 6.20 Å². The molecule has 2 aromatic rings. The van der Waals surface area contributed by atoms with Crippen LogP contribution in [0.2, 0.25) is 0 Å². The monoisotopic (exact) mass is 366 g/mol. The Morgan fingerprint density at radius 1 is 1.24 bits per heavy atom. The summed E-state index contributed by atoms with van der Waals surface area (Å²) in [4.78, 5) is 15.9. The van der Waals surface area contributed by atoms with Crippen LogP contribution in [-0.2, 0) is 0 Å². The summed E-state index contributed by atoms with van der Waals surface area (Å²) >= 11 is 0.257. The Balaban J connectivity index is 1.83. The summed E-state index contributed by atoms with van der Waals surface area (Å²) in [6.45, 7) is 4.78. The molecule has 0 spiro atoms. The van der Waals surface area contributed by atoms with Crippen molar-refractivity contribution in [2.45, 2.75) is 30.5 Å². The zero-order chi connectivity index (χ0) is 18.2. The molecule has 0 aliphatic rings. The number of ether oxygens (including phenoxy) is 1. The number of hydrogen-bond acceptors (Lipinski definition) is 4. The van der Waals surface area contributed by atoms with Gasteiger partial charge in [-0.25, -0.2) is 4.98 Å². The fourth-order valence-corrected chi connectivity index (χ4v) is 2.70. The third-order valence-electron chi connectivity index (χ3n) is 3.42. The van der Waals surface area contributed by atoms with Crippen LogP contribution in [0.15, 0.2) is 47.6 Å². The van der Waals surface area contributed by atoms with Crippen LogP contribution < -0.4 is 10.1 Å². The van der Waals surface area contributed by atoms with Gasteiger partial charge >= 0.3 is 0 Å². The molecule has 0 bridgehead atoms. The Labute approximate surface area is 150 Å². The number of hydrogen-bond donors (Lipinski definition) is 1. The van der Waals surface area contributed by atoms with Gasteiger partial charge in [-0.05, 0) is 47.5 Å². The average molecular weight is 366 g/mol. The summed E-state index contributed by atoms with van der Waals surface area (Å²) in [5, 5.41) is 2.66. The number of thioether (sulfide) groups is 1. The first-order valence-electron chi connectivity index (χ1n) is 7.88. The lowest BCUT2D eigenvalue weighted by Crippen LogP contribution is -2.28. The van der Waals surface area contributed by atoms with E-state index in [9.17, 15) is 13.6 Å². The molecule has 134 valence electrons. The van der Waals surface area contributed by atoms with Gasteiger partial charge in [0.25, 0.3) is 11.7 Å². The Bertz CT molecular complexity index is 694. The normalized spacial score (nSPS) is 11.0. The average Bonchev–Trinajstić information content (AvgIpc) is 2.59. The molecule has 1 N–H and O–H groups in total. The van der Waals surface area contributed by atoms with E-state index in [4.69, 9.17) is 4.74 Å². The summed E-state index contributed by atoms with van der Waals surface area (Å²) in [5.74, 6) is -1.91. The highest BCUT2D eigenvalue weighted by Crippen LogP contribution is 2.26. The molecule has 0 radical (unpaired) electrons. The van der Waals surface area contributed by atoms with E-state index in [1.54, 1.807) is 0 Å². The molecule has 1 amide bonds. The summed E-state index contributed by atoms with van der Waals surface area (Å²) in [5.41, 5.74) is 1.36. The van der Waals surface area contributed by atoms with Crippen LogP contribution in [0.1, 0.15) is 35.7 Å². The molecule has 0 fully saturated rings.